The molecule has 136 valence electrons. The topological polar surface area (TPSA) is 90.7 Å². The second-order valence-electron chi connectivity index (χ2n) is 5.54. The Morgan fingerprint density at radius 1 is 0.963 bits per heavy atom. The zero-order valence-electron chi connectivity index (χ0n) is 14.4. The van der Waals surface area contributed by atoms with Crippen LogP contribution in [0.5, 0.6) is 17.2 Å². The van der Waals surface area contributed by atoms with Gasteiger partial charge < -0.3 is 14.8 Å². The number of nitro benzene ring substituents is 1. The van der Waals surface area contributed by atoms with Gasteiger partial charge >= 0.3 is 0 Å². The number of nitrogens with one attached hydrogen (secondary N) is 1. The summed E-state index contributed by atoms with van der Waals surface area (Å²) in [4.78, 5) is 22.5. The summed E-state index contributed by atoms with van der Waals surface area (Å²) in [6.45, 7) is 0. The zero-order chi connectivity index (χ0) is 19.2. The molecule has 0 aliphatic carbocycles. The van der Waals surface area contributed by atoms with Gasteiger partial charge in [-0.15, -0.1) is 0 Å². The van der Waals surface area contributed by atoms with Gasteiger partial charge in [0.2, 0.25) is 0 Å². The summed E-state index contributed by atoms with van der Waals surface area (Å²) in [5.41, 5.74) is 0.612. The number of non-ortho nitro benzene ring substituents is 1. The quantitative estimate of drug-likeness (QED) is 0.508. The molecule has 0 heterocycles. The van der Waals surface area contributed by atoms with E-state index in [0.717, 1.165) is 0 Å². The summed E-state index contributed by atoms with van der Waals surface area (Å²) in [5.74, 6) is 1.33. The van der Waals surface area contributed by atoms with Crippen LogP contribution in [-0.4, -0.2) is 17.9 Å². The predicted octanol–water partition coefficient (Wildman–Crippen LogP) is 4.65. The minimum atomic E-state index is -0.541. The molecule has 0 fully saturated rings. The Morgan fingerprint density at radius 3 is 2.33 bits per heavy atom. The highest BCUT2D eigenvalue weighted by Crippen LogP contribution is 2.31. The van der Waals surface area contributed by atoms with E-state index in [4.69, 9.17) is 9.47 Å². The van der Waals surface area contributed by atoms with Crippen LogP contribution in [-0.2, 0) is 0 Å². The van der Waals surface area contributed by atoms with Crippen molar-refractivity contribution >= 4 is 17.3 Å². The standard InChI is InChI=1S/C20H16N2O5/c1-26-18-7-2-3-8-19(18)27-17-11-9-15(10-12-17)21-20(23)14-5-4-6-16(13-14)22(24)25/h2-13H,1H3,(H,21,23). The highest BCUT2D eigenvalue weighted by atomic mass is 16.6. The third kappa shape index (κ3) is 4.40. The minimum Gasteiger partial charge on any atom is -0.493 e. The number of amides is 1. The summed E-state index contributed by atoms with van der Waals surface area (Å²) in [6.07, 6.45) is 0. The lowest BCUT2D eigenvalue weighted by atomic mass is 10.2. The van der Waals surface area contributed by atoms with Crippen molar-refractivity contribution in [2.75, 3.05) is 12.4 Å². The highest BCUT2D eigenvalue weighted by Gasteiger charge is 2.12. The van der Waals surface area contributed by atoms with E-state index < -0.39 is 10.8 Å². The molecule has 0 saturated heterocycles. The van der Waals surface area contributed by atoms with Gasteiger partial charge in [0.25, 0.3) is 11.6 Å². The molecule has 3 aromatic carbocycles. The molecular formula is C20H16N2O5. The molecule has 0 aliphatic rings. The molecule has 0 aliphatic heterocycles. The van der Waals surface area contributed by atoms with Crippen molar-refractivity contribution < 1.29 is 19.2 Å². The Hall–Kier alpha value is -3.87. The molecule has 1 N–H and O–H groups in total. The van der Waals surface area contributed by atoms with E-state index in [0.29, 0.717) is 22.9 Å². The van der Waals surface area contributed by atoms with Gasteiger partial charge in [-0.2, -0.15) is 0 Å². The average molecular weight is 364 g/mol. The van der Waals surface area contributed by atoms with E-state index in [1.165, 1.54) is 24.3 Å². The van der Waals surface area contributed by atoms with Crippen molar-refractivity contribution in [3.05, 3.63) is 88.5 Å². The SMILES string of the molecule is COc1ccccc1Oc1ccc(NC(=O)c2cccc([N+](=O)[O-])c2)cc1. The molecule has 7 heteroatoms. The number of benzene rings is 3. The first-order valence-electron chi connectivity index (χ1n) is 8.03. The Balaban J connectivity index is 1.69. The normalized spacial score (nSPS) is 10.1. The van der Waals surface area contributed by atoms with E-state index in [9.17, 15) is 14.9 Å². The van der Waals surface area contributed by atoms with Crippen molar-refractivity contribution in [1.82, 2.24) is 0 Å². The number of anilines is 1. The Kier molecular flexibility index (Phi) is 5.32. The van der Waals surface area contributed by atoms with Gasteiger partial charge in [-0.25, -0.2) is 0 Å². The number of nitrogens with zero attached hydrogens (tertiary/aromatic N) is 1. The fourth-order valence-corrected chi connectivity index (χ4v) is 2.40. The van der Waals surface area contributed by atoms with E-state index in [-0.39, 0.29) is 11.3 Å². The van der Waals surface area contributed by atoms with Crippen LogP contribution in [0, 0.1) is 10.1 Å². The van der Waals surface area contributed by atoms with Crippen LogP contribution in [0.4, 0.5) is 11.4 Å². The molecule has 3 rings (SSSR count). The molecule has 27 heavy (non-hydrogen) atoms. The van der Waals surface area contributed by atoms with Gasteiger partial charge in [0.05, 0.1) is 12.0 Å². The average Bonchev–Trinajstić information content (AvgIpc) is 2.70. The molecular weight excluding hydrogens is 348 g/mol. The first-order chi connectivity index (χ1) is 13.1. The van der Waals surface area contributed by atoms with Crippen LogP contribution in [0.15, 0.2) is 72.8 Å². The second-order valence-corrected chi connectivity index (χ2v) is 5.54. The number of nitro groups is 1. The molecule has 0 aromatic heterocycles. The van der Waals surface area contributed by atoms with E-state index in [1.54, 1.807) is 43.5 Å². The first kappa shape index (κ1) is 17.9. The van der Waals surface area contributed by atoms with Crippen molar-refractivity contribution in [2.24, 2.45) is 0 Å². The number of hydrogen-bond acceptors (Lipinski definition) is 5. The number of carbonyl (C=O) groups is 1. The van der Waals surface area contributed by atoms with Crippen LogP contribution >= 0.6 is 0 Å². The van der Waals surface area contributed by atoms with Crippen LogP contribution in [0.2, 0.25) is 0 Å². The summed E-state index contributed by atoms with van der Waals surface area (Å²) in [5, 5.41) is 13.5. The zero-order valence-corrected chi connectivity index (χ0v) is 14.4. The van der Waals surface area contributed by atoms with E-state index >= 15 is 0 Å². The molecule has 0 bridgehead atoms. The van der Waals surface area contributed by atoms with E-state index in [2.05, 4.69) is 5.32 Å². The third-order valence-corrected chi connectivity index (χ3v) is 3.73. The molecule has 0 spiro atoms. The van der Waals surface area contributed by atoms with Gasteiger partial charge in [-0.1, -0.05) is 18.2 Å². The fraction of sp³-hybridized carbons (Fsp3) is 0.0500. The van der Waals surface area contributed by atoms with Crippen molar-refractivity contribution in [1.29, 1.82) is 0 Å². The number of para-hydroxylation sites is 2. The van der Waals surface area contributed by atoms with E-state index in [1.807, 2.05) is 12.1 Å². The van der Waals surface area contributed by atoms with Gasteiger partial charge in [-0.3, -0.25) is 14.9 Å². The van der Waals surface area contributed by atoms with Crippen LogP contribution in [0.25, 0.3) is 0 Å². The maximum Gasteiger partial charge on any atom is 0.270 e. The van der Waals surface area contributed by atoms with Gasteiger partial charge in [0, 0.05) is 23.4 Å². The smallest absolute Gasteiger partial charge is 0.270 e. The number of hydrogen-bond donors (Lipinski definition) is 1. The van der Waals surface area contributed by atoms with Gasteiger partial charge in [0.1, 0.15) is 5.75 Å². The first-order valence-corrected chi connectivity index (χ1v) is 8.03. The Labute approximate surface area is 155 Å². The third-order valence-electron chi connectivity index (χ3n) is 3.73. The summed E-state index contributed by atoms with van der Waals surface area (Å²) < 4.78 is 11.0. The van der Waals surface area contributed by atoms with Crippen molar-refractivity contribution in [3.8, 4) is 17.2 Å². The maximum atomic E-state index is 12.3. The van der Waals surface area contributed by atoms with Gasteiger partial charge in [-0.05, 0) is 42.5 Å². The number of carbonyl (C=O) groups excluding carboxylic acids is 1. The van der Waals surface area contributed by atoms with Crippen molar-refractivity contribution in [3.63, 3.8) is 0 Å². The highest BCUT2D eigenvalue weighted by molar-refractivity contribution is 6.04. The molecule has 0 saturated carbocycles. The maximum absolute atomic E-state index is 12.3. The summed E-state index contributed by atoms with van der Waals surface area (Å²) in [7, 11) is 1.56. The Bertz CT molecular complexity index is 970. The van der Waals surface area contributed by atoms with Crippen LogP contribution < -0.4 is 14.8 Å². The minimum absolute atomic E-state index is 0.136. The van der Waals surface area contributed by atoms with Gasteiger partial charge in [0.15, 0.2) is 11.5 Å². The molecule has 0 unspecified atom stereocenters. The molecule has 0 radical (unpaired) electrons. The van der Waals surface area contributed by atoms with Crippen LogP contribution in [0.3, 0.4) is 0 Å². The molecule has 7 nitrogen and oxygen atoms in total. The summed E-state index contributed by atoms with van der Waals surface area (Å²) >= 11 is 0. The lowest BCUT2D eigenvalue weighted by Crippen LogP contribution is -2.11. The van der Waals surface area contributed by atoms with Crippen molar-refractivity contribution in [2.45, 2.75) is 0 Å². The lowest BCUT2D eigenvalue weighted by Gasteiger charge is -2.11. The van der Waals surface area contributed by atoms with Crippen LogP contribution in [0.1, 0.15) is 10.4 Å². The number of methoxy groups -OCH3 is 1. The Morgan fingerprint density at radius 2 is 1.67 bits per heavy atom. The monoisotopic (exact) mass is 364 g/mol. The molecule has 3 aromatic rings. The largest absolute Gasteiger partial charge is 0.493 e. The lowest BCUT2D eigenvalue weighted by molar-refractivity contribution is -0.384. The molecule has 0 atom stereocenters. The molecule has 1 amide bonds. The second kappa shape index (κ2) is 8.01. The predicted molar refractivity (Wildman–Crippen MR) is 101 cm³/mol. The summed E-state index contributed by atoms with van der Waals surface area (Å²) in [6, 6.07) is 19.6. The number of ether oxygens (including phenoxy) is 2. The fourth-order valence-electron chi connectivity index (χ4n) is 2.40. The number of rotatable bonds is 6.